The van der Waals surface area contributed by atoms with E-state index in [2.05, 4.69) is 0 Å². The van der Waals surface area contributed by atoms with Crippen LogP contribution in [0.15, 0.2) is 6.07 Å². The van der Waals surface area contributed by atoms with Crippen LogP contribution in [0.4, 0.5) is 0 Å². The lowest BCUT2D eigenvalue weighted by atomic mass is 9.66. The highest BCUT2D eigenvalue weighted by molar-refractivity contribution is 6.32. The molecule has 0 bridgehead atoms. The zero-order valence-corrected chi connectivity index (χ0v) is 13.8. The van der Waals surface area contributed by atoms with Crippen LogP contribution in [-0.4, -0.2) is 18.2 Å². The van der Waals surface area contributed by atoms with Gasteiger partial charge in [-0.3, -0.25) is 4.79 Å². The maximum Gasteiger partial charge on any atom is 0.314 e. The molecule has 4 heteroatoms. The Labute approximate surface area is 136 Å². The fourth-order valence-corrected chi connectivity index (χ4v) is 4.58. The van der Waals surface area contributed by atoms with Gasteiger partial charge in [-0.15, -0.1) is 0 Å². The largest absolute Gasteiger partial charge is 0.495 e. The van der Waals surface area contributed by atoms with E-state index in [1.165, 1.54) is 11.1 Å². The highest BCUT2D eigenvalue weighted by atomic mass is 35.5. The summed E-state index contributed by atoms with van der Waals surface area (Å²) in [5.74, 6) is -0.132. The third kappa shape index (κ3) is 2.40. The molecule has 1 N–H and O–H groups in total. The van der Waals surface area contributed by atoms with E-state index >= 15 is 0 Å². The molecular formula is C18H23ClO3. The van der Waals surface area contributed by atoms with Crippen molar-refractivity contribution in [2.24, 2.45) is 0 Å². The number of carbonyl (C=O) groups is 1. The number of benzene rings is 1. The minimum absolute atomic E-state index is 0.560. The minimum Gasteiger partial charge on any atom is -0.495 e. The van der Waals surface area contributed by atoms with Crippen LogP contribution in [0.2, 0.25) is 5.02 Å². The van der Waals surface area contributed by atoms with Crippen LogP contribution in [0.25, 0.3) is 0 Å². The molecule has 1 saturated carbocycles. The minimum atomic E-state index is -0.823. The molecule has 0 atom stereocenters. The summed E-state index contributed by atoms with van der Waals surface area (Å²) < 4.78 is 5.58. The first-order valence-corrected chi connectivity index (χ1v) is 8.60. The molecule has 1 fully saturated rings. The topological polar surface area (TPSA) is 46.5 Å². The van der Waals surface area contributed by atoms with Gasteiger partial charge in [-0.1, -0.05) is 30.9 Å². The smallest absolute Gasteiger partial charge is 0.314 e. The second kappa shape index (κ2) is 6.11. The Morgan fingerprint density at radius 2 is 1.86 bits per heavy atom. The van der Waals surface area contributed by atoms with Crippen molar-refractivity contribution < 1.29 is 14.6 Å². The number of fused-ring (bicyclic) bond motifs is 1. The number of aliphatic carboxylic acids is 1. The van der Waals surface area contributed by atoms with Gasteiger partial charge in [-0.25, -0.2) is 0 Å². The molecule has 0 unspecified atom stereocenters. The number of aryl methyl sites for hydroxylation is 1. The fraction of sp³-hybridized carbons (Fsp3) is 0.611. The zero-order valence-electron chi connectivity index (χ0n) is 13.1. The van der Waals surface area contributed by atoms with Gasteiger partial charge < -0.3 is 9.84 Å². The summed E-state index contributed by atoms with van der Waals surface area (Å²) in [6.45, 7) is 0. The van der Waals surface area contributed by atoms with Gasteiger partial charge in [0.2, 0.25) is 0 Å². The second-order valence-corrected chi connectivity index (χ2v) is 6.97. The van der Waals surface area contributed by atoms with Crippen LogP contribution >= 0.6 is 11.6 Å². The van der Waals surface area contributed by atoms with E-state index in [4.69, 9.17) is 16.3 Å². The Balaban J connectivity index is 2.26. The number of carboxylic acids is 1. The van der Waals surface area contributed by atoms with Gasteiger partial charge in [0.05, 0.1) is 17.5 Å². The third-order valence-corrected chi connectivity index (χ3v) is 5.64. The number of carboxylic acid groups (broad SMARTS) is 1. The summed E-state index contributed by atoms with van der Waals surface area (Å²) in [4.78, 5) is 12.2. The first-order valence-electron chi connectivity index (χ1n) is 8.22. The van der Waals surface area contributed by atoms with Crippen molar-refractivity contribution in [1.82, 2.24) is 0 Å². The van der Waals surface area contributed by atoms with Crippen molar-refractivity contribution in [2.45, 2.75) is 63.2 Å². The van der Waals surface area contributed by atoms with Crippen molar-refractivity contribution in [3.05, 3.63) is 27.8 Å². The number of rotatable bonds is 3. The van der Waals surface area contributed by atoms with Gasteiger partial charge in [0.1, 0.15) is 5.75 Å². The number of halogens is 1. The van der Waals surface area contributed by atoms with Gasteiger partial charge in [-0.2, -0.15) is 0 Å². The predicted octanol–water partition coefficient (Wildman–Crippen LogP) is 4.51. The van der Waals surface area contributed by atoms with Crippen molar-refractivity contribution >= 4 is 17.6 Å². The average Bonchev–Trinajstić information content (AvgIpc) is 2.54. The second-order valence-electron chi connectivity index (χ2n) is 6.56. The Kier molecular flexibility index (Phi) is 4.35. The van der Waals surface area contributed by atoms with E-state index in [1.807, 2.05) is 6.07 Å². The Morgan fingerprint density at radius 1 is 1.18 bits per heavy atom. The molecule has 120 valence electrons. The first kappa shape index (κ1) is 15.7. The fourth-order valence-electron chi connectivity index (χ4n) is 4.28. The van der Waals surface area contributed by atoms with E-state index in [9.17, 15) is 9.90 Å². The quantitative estimate of drug-likeness (QED) is 0.890. The van der Waals surface area contributed by atoms with Crippen LogP contribution in [0.5, 0.6) is 5.75 Å². The van der Waals surface area contributed by atoms with Crippen molar-refractivity contribution in [2.75, 3.05) is 7.11 Å². The van der Waals surface area contributed by atoms with Gasteiger partial charge >= 0.3 is 5.97 Å². The molecule has 0 aliphatic heterocycles. The summed E-state index contributed by atoms with van der Waals surface area (Å²) >= 11 is 6.43. The van der Waals surface area contributed by atoms with Crippen LogP contribution < -0.4 is 4.74 Å². The molecule has 0 amide bonds. The SMILES string of the molecule is COc1c(Cl)cc2c(c1C1(C(=O)O)CCCCC1)CCCC2. The average molecular weight is 323 g/mol. The van der Waals surface area contributed by atoms with Crippen molar-refractivity contribution in [3.8, 4) is 5.75 Å². The van der Waals surface area contributed by atoms with Crippen LogP contribution in [-0.2, 0) is 23.1 Å². The van der Waals surface area contributed by atoms with E-state index in [1.54, 1.807) is 7.11 Å². The van der Waals surface area contributed by atoms with Crippen LogP contribution in [0.3, 0.4) is 0 Å². The first-order chi connectivity index (χ1) is 10.6. The number of methoxy groups -OCH3 is 1. The molecule has 3 rings (SSSR count). The Bertz CT molecular complexity index is 588. The highest BCUT2D eigenvalue weighted by Crippen LogP contribution is 2.49. The van der Waals surface area contributed by atoms with Crippen LogP contribution in [0.1, 0.15) is 61.6 Å². The molecule has 2 aliphatic carbocycles. The molecule has 0 saturated heterocycles. The number of hydrogen-bond acceptors (Lipinski definition) is 2. The molecule has 2 aliphatic rings. The normalized spacial score (nSPS) is 20.3. The molecule has 0 spiro atoms. The molecule has 1 aromatic carbocycles. The van der Waals surface area contributed by atoms with Crippen molar-refractivity contribution in [1.29, 1.82) is 0 Å². The van der Waals surface area contributed by atoms with E-state index < -0.39 is 11.4 Å². The molecule has 3 nitrogen and oxygen atoms in total. The number of hydrogen-bond donors (Lipinski definition) is 1. The maximum absolute atomic E-state index is 12.2. The Morgan fingerprint density at radius 3 is 2.50 bits per heavy atom. The van der Waals surface area contributed by atoms with E-state index in [-0.39, 0.29) is 0 Å². The van der Waals surface area contributed by atoms with Gasteiger partial charge in [0.15, 0.2) is 0 Å². The maximum atomic E-state index is 12.2. The summed E-state index contributed by atoms with van der Waals surface area (Å²) in [5, 5.41) is 10.6. The third-order valence-electron chi connectivity index (χ3n) is 5.36. The zero-order chi connectivity index (χ0) is 15.7. The highest BCUT2D eigenvalue weighted by Gasteiger charge is 2.46. The molecule has 22 heavy (non-hydrogen) atoms. The van der Waals surface area contributed by atoms with Gasteiger partial charge in [0.25, 0.3) is 0 Å². The van der Waals surface area contributed by atoms with Gasteiger partial charge in [-0.05, 0) is 55.7 Å². The lowest BCUT2D eigenvalue weighted by Gasteiger charge is -2.38. The summed E-state index contributed by atoms with van der Waals surface area (Å²) in [6, 6.07) is 1.98. The van der Waals surface area contributed by atoms with E-state index in [0.717, 1.165) is 50.5 Å². The standard InChI is InChI=1S/C18H23ClO3/c1-22-16-14(19)11-12-7-3-4-8-13(12)15(16)18(17(20)21)9-5-2-6-10-18/h11H,2-10H2,1H3,(H,20,21). The van der Waals surface area contributed by atoms with E-state index in [0.29, 0.717) is 23.6 Å². The van der Waals surface area contributed by atoms with Gasteiger partial charge in [0, 0.05) is 5.56 Å². The molecule has 0 heterocycles. The molecule has 0 radical (unpaired) electrons. The lowest BCUT2D eigenvalue weighted by molar-refractivity contribution is -0.145. The predicted molar refractivity (Wildman–Crippen MR) is 87.0 cm³/mol. The summed E-state index contributed by atoms with van der Waals surface area (Å²) in [6.07, 6.45) is 8.58. The number of ether oxygens (including phenoxy) is 1. The van der Waals surface area contributed by atoms with Crippen molar-refractivity contribution in [3.63, 3.8) is 0 Å². The monoisotopic (exact) mass is 322 g/mol. The van der Waals surface area contributed by atoms with Crippen LogP contribution in [0, 0.1) is 0 Å². The summed E-state index contributed by atoms with van der Waals surface area (Å²) in [7, 11) is 1.60. The lowest BCUT2D eigenvalue weighted by Crippen LogP contribution is -2.39. The molecule has 0 aromatic heterocycles. The molecule has 1 aromatic rings. The summed E-state index contributed by atoms with van der Waals surface area (Å²) in [5.41, 5.74) is 2.47. The Hall–Kier alpha value is -1.22. The molecular weight excluding hydrogens is 300 g/mol.